The molecule has 0 unspecified atom stereocenters. The van der Waals surface area contributed by atoms with Crippen LogP contribution in [0.25, 0.3) is 0 Å². The Morgan fingerprint density at radius 1 is 1.21 bits per heavy atom. The SMILES string of the molecule is CCOC(=O)Cc1csc(NN=Cc2ccc(OCc3c(F)cccc3Cl)c(OCC)c2)n1. The van der Waals surface area contributed by atoms with Crippen LogP contribution in [0.1, 0.15) is 30.7 Å². The van der Waals surface area contributed by atoms with Crippen molar-refractivity contribution >= 4 is 40.3 Å². The number of hydrogen-bond acceptors (Lipinski definition) is 8. The van der Waals surface area contributed by atoms with Crippen molar-refractivity contribution in [1.29, 1.82) is 0 Å². The van der Waals surface area contributed by atoms with Gasteiger partial charge in [0.2, 0.25) is 5.13 Å². The van der Waals surface area contributed by atoms with Crippen LogP contribution < -0.4 is 14.9 Å². The minimum atomic E-state index is -0.428. The van der Waals surface area contributed by atoms with Crippen molar-refractivity contribution in [2.24, 2.45) is 5.10 Å². The minimum absolute atomic E-state index is 0.0290. The number of carbonyl (C=O) groups is 1. The Hall–Kier alpha value is -3.17. The summed E-state index contributed by atoms with van der Waals surface area (Å²) in [5.74, 6) is 0.216. The number of halogens is 2. The Labute approximate surface area is 200 Å². The molecule has 0 amide bonds. The molecule has 0 atom stereocenters. The predicted molar refractivity (Wildman–Crippen MR) is 127 cm³/mol. The number of esters is 1. The molecule has 1 heterocycles. The van der Waals surface area contributed by atoms with Crippen molar-refractivity contribution in [3.8, 4) is 11.5 Å². The monoisotopic (exact) mass is 491 g/mol. The van der Waals surface area contributed by atoms with Crippen LogP contribution in [0.2, 0.25) is 5.02 Å². The zero-order valence-electron chi connectivity index (χ0n) is 18.1. The van der Waals surface area contributed by atoms with E-state index in [1.807, 2.05) is 6.92 Å². The first-order chi connectivity index (χ1) is 16.0. The van der Waals surface area contributed by atoms with Gasteiger partial charge in [-0.05, 0) is 49.7 Å². The van der Waals surface area contributed by atoms with E-state index < -0.39 is 5.82 Å². The lowest BCUT2D eigenvalue weighted by Crippen LogP contribution is -2.07. The Morgan fingerprint density at radius 2 is 2.06 bits per heavy atom. The van der Waals surface area contributed by atoms with Gasteiger partial charge < -0.3 is 14.2 Å². The molecule has 1 aromatic heterocycles. The van der Waals surface area contributed by atoms with Crippen LogP contribution >= 0.6 is 22.9 Å². The van der Waals surface area contributed by atoms with Gasteiger partial charge in [-0.1, -0.05) is 17.7 Å². The van der Waals surface area contributed by atoms with Crippen LogP contribution in [-0.2, 0) is 22.6 Å². The van der Waals surface area contributed by atoms with E-state index >= 15 is 0 Å². The van der Waals surface area contributed by atoms with Gasteiger partial charge in [0.25, 0.3) is 0 Å². The number of aromatic nitrogens is 1. The first kappa shape index (κ1) is 24.5. The molecule has 0 saturated carbocycles. The van der Waals surface area contributed by atoms with Crippen LogP contribution in [-0.4, -0.2) is 30.4 Å². The number of thiazole rings is 1. The number of anilines is 1. The summed E-state index contributed by atoms with van der Waals surface area (Å²) >= 11 is 7.40. The molecule has 7 nitrogen and oxygen atoms in total. The standard InChI is InChI=1S/C23H23ClFN3O4S/c1-3-30-21-10-15(8-9-20(21)32-13-17-18(24)6-5-7-19(17)25)12-26-28-23-27-16(14-33-23)11-22(29)31-4-2/h5-10,12,14H,3-4,11,13H2,1-2H3,(H,27,28). The highest BCUT2D eigenvalue weighted by atomic mass is 35.5. The molecule has 33 heavy (non-hydrogen) atoms. The summed E-state index contributed by atoms with van der Waals surface area (Å²) in [6, 6.07) is 9.77. The summed E-state index contributed by atoms with van der Waals surface area (Å²) in [6.07, 6.45) is 1.72. The molecule has 1 N–H and O–H groups in total. The second-order valence-electron chi connectivity index (χ2n) is 6.62. The van der Waals surface area contributed by atoms with E-state index in [9.17, 15) is 9.18 Å². The van der Waals surface area contributed by atoms with Crippen LogP contribution in [0, 0.1) is 5.82 Å². The fourth-order valence-corrected chi connectivity index (χ4v) is 3.65. The maximum absolute atomic E-state index is 14.0. The highest BCUT2D eigenvalue weighted by molar-refractivity contribution is 7.13. The molecule has 0 aliphatic carbocycles. The van der Waals surface area contributed by atoms with E-state index in [2.05, 4.69) is 15.5 Å². The Morgan fingerprint density at radius 3 is 2.82 bits per heavy atom. The largest absolute Gasteiger partial charge is 0.490 e. The van der Waals surface area contributed by atoms with Crippen molar-refractivity contribution in [3.05, 3.63) is 69.4 Å². The van der Waals surface area contributed by atoms with Gasteiger partial charge >= 0.3 is 5.97 Å². The number of hydrogen-bond donors (Lipinski definition) is 1. The molecule has 2 aromatic carbocycles. The number of carbonyl (C=O) groups excluding carboxylic acids is 1. The van der Waals surface area contributed by atoms with E-state index in [1.165, 1.54) is 17.4 Å². The summed E-state index contributed by atoms with van der Waals surface area (Å²) in [5.41, 5.74) is 4.49. The van der Waals surface area contributed by atoms with Gasteiger partial charge in [0.1, 0.15) is 12.4 Å². The Bertz CT molecular complexity index is 1100. The predicted octanol–water partition coefficient (Wildman–Crippen LogP) is 5.46. The number of nitrogens with one attached hydrogen (secondary N) is 1. The van der Waals surface area contributed by atoms with Crippen molar-refractivity contribution in [3.63, 3.8) is 0 Å². The average Bonchev–Trinajstić information content (AvgIpc) is 3.22. The summed E-state index contributed by atoms with van der Waals surface area (Å²) in [6.45, 7) is 4.35. The molecule has 0 fully saturated rings. The molecule has 0 radical (unpaired) electrons. The van der Waals surface area contributed by atoms with Gasteiger partial charge in [-0.15, -0.1) is 11.3 Å². The zero-order valence-corrected chi connectivity index (χ0v) is 19.7. The number of nitrogens with zero attached hydrogens (tertiary/aromatic N) is 2. The van der Waals surface area contributed by atoms with Gasteiger partial charge in [0.05, 0.1) is 36.6 Å². The fourth-order valence-electron chi connectivity index (χ4n) is 2.77. The summed E-state index contributed by atoms with van der Waals surface area (Å²) < 4.78 is 30.3. The Kier molecular flexibility index (Phi) is 9.03. The van der Waals surface area contributed by atoms with Gasteiger partial charge in [-0.2, -0.15) is 5.10 Å². The molecule has 0 spiro atoms. The van der Waals surface area contributed by atoms with Crippen LogP contribution in [0.15, 0.2) is 46.9 Å². The molecular formula is C23H23ClFN3O4S. The molecule has 0 saturated heterocycles. The molecular weight excluding hydrogens is 469 g/mol. The highest BCUT2D eigenvalue weighted by Gasteiger charge is 2.11. The Balaban J connectivity index is 1.63. The first-order valence-corrected chi connectivity index (χ1v) is 11.5. The summed E-state index contributed by atoms with van der Waals surface area (Å²) in [7, 11) is 0. The lowest BCUT2D eigenvalue weighted by atomic mass is 10.2. The second kappa shape index (κ2) is 12.2. The minimum Gasteiger partial charge on any atom is -0.490 e. The number of ether oxygens (including phenoxy) is 3. The molecule has 174 valence electrons. The van der Waals surface area contributed by atoms with Gasteiger partial charge in [-0.3, -0.25) is 10.2 Å². The first-order valence-electron chi connectivity index (χ1n) is 10.2. The summed E-state index contributed by atoms with van der Waals surface area (Å²) in [5, 5.41) is 6.81. The lowest BCUT2D eigenvalue weighted by Gasteiger charge is -2.13. The third-order valence-electron chi connectivity index (χ3n) is 4.26. The molecule has 3 rings (SSSR count). The lowest BCUT2D eigenvalue weighted by molar-refractivity contribution is -0.142. The van der Waals surface area contributed by atoms with Gasteiger partial charge in [-0.25, -0.2) is 9.37 Å². The van der Waals surface area contributed by atoms with Crippen molar-refractivity contribution in [2.75, 3.05) is 18.6 Å². The summed E-state index contributed by atoms with van der Waals surface area (Å²) in [4.78, 5) is 15.8. The zero-order chi connectivity index (χ0) is 23.6. The van der Waals surface area contributed by atoms with Crippen molar-refractivity contribution < 1.29 is 23.4 Å². The van der Waals surface area contributed by atoms with E-state index in [0.717, 1.165) is 5.56 Å². The number of benzene rings is 2. The molecule has 3 aromatic rings. The maximum Gasteiger partial charge on any atom is 0.311 e. The average molecular weight is 492 g/mol. The quantitative estimate of drug-likeness (QED) is 0.218. The molecule has 0 aliphatic rings. The van der Waals surface area contributed by atoms with Crippen LogP contribution in [0.3, 0.4) is 0 Å². The molecule has 0 aliphatic heterocycles. The van der Waals surface area contributed by atoms with E-state index in [0.29, 0.717) is 40.6 Å². The van der Waals surface area contributed by atoms with Crippen LogP contribution in [0.5, 0.6) is 11.5 Å². The van der Waals surface area contributed by atoms with E-state index in [-0.39, 0.29) is 24.6 Å². The van der Waals surface area contributed by atoms with Gasteiger partial charge in [0.15, 0.2) is 11.5 Å². The second-order valence-corrected chi connectivity index (χ2v) is 7.89. The molecule has 0 bridgehead atoms. The highest BCUT2D eigenvalue weighted by Crippen LogP contribution is 2.30. The third-order valence-corrected chi connectivity index (χ3v) is 5.41. The number of rotatable bonds is 11. The normalized spacial score (nSPS) is 10.9. The maximum atomic E-state index is 14.0. The van der Waals surface area contributed by atoms with Crippen molar-refractivity contribution in [1.82, 2.24) is 4.98 Å². The molecule has 10 heteroatoms. The van der Waals surface area contributed by atoms with E-state index in [1.54, 1.807) is 48.9 Å². The van der Waals surface area contributed by atoms with Crippen molar-refractivity contribution in [2.45, 2.75) is 26.9 Å². The number of hydrazone groups is 1. The van der Waals surface area contributed by atoms with Crippen LogP contribution in [0.4, 0.5) is 9.52 Å². The van der Waals surface area contributed by atoms with E-state index in [4.69, 9.17) is 25.8 Å². The third kappa shape index (κ3) is 7.16. The van der Waals surface area contributed by atoms with Gasteiger partial charge in [0, 0.05) is 10.9 Å². The fraction of sp³-hybridized carbons (Fsp3) is 0.261. The smallest absolute Gasteiger partial charge is 0.311 e. The topological polar surface area (TPSA) is 82.0 Å².